The lowest BCUT2D eigenvalue weighted by Crippen LogP contribution is -2.27. The summed E-state index contributed by atoms with van der Waals surface area (Å²) in [6.07, 6.45) is 1.34. The summed E-state index contributed by atoms with van der Waals surface area (Å²) in [7, 11) is -7.99. The molecule has 8 heteroatoms. The average molecular weight is 354 g/mol. The van der Waals surface area contributed by atoms with Gasteiger partial charge in [0.25, 0.3) is 0 Å². The third-order valence-corrected chi connectivity index (χ3v) is 8.47. The summed E-state index contributed by atoms with van der Waals surface area (Å²) in [5.41, 5.74) is -3.81. The lowest BCUT2D eigenvalue weighted by atomic mass is 10.1. The predicted molar refractivity (Wildman–Crippen MR) is 82.7 cm³/mol. The maximum Gasteiger partial charge on any atom is 0.523 e. The first-order valence-electron chi connectivity index (χ1n) is 6.70. The highest BCUT2D eigenvalue weighted by molar-refractivity contribution is 8.35. The normalized spacial score (nSPS) is 20.8. The van der Waals surface area contributed by atoms with Crippen molar-refractivity contribution in [2.45, 2.75) is 25.3 Å². The van der Waals surface area contributed by atoms with Gasteiger partial charge in [0.15, 0.2) is 0 Å². The van der Waals surface area contributed by atoms with Gasteiger partial charge >= 0.3 is 15.6 Å². The Morgan fingerprint density at radius 2 is 1.73 bits per heavy atom. The van der Waals surface area contributed by atoms with Gasteiger partial charge in [-0.25, -0.2) is 3.63 Å². The van der Waals surface area contributed by atoms with E-state index in [0.29, 0.717) is 24.3 Å². The Morgan fingerprint density at radius 3 is 2.23 bits per heavy atom. The molecule has 0 amide bonds. The van der Waals surface area contributed by atoms with Crippen molar-refractivity contribution < 1.29 is 25.2 Å². The zero-order valence-corrected chi connectivity index (χ0v) is 13.6. The SMILES string of the molecule is CC(=CS1(OS(=O)(=O)C(F)(F)F)CCCC1)c1ccccc1. The molecule has 0 bridgehead atoms. The fourth-order valence-electron chi connectivity index (χ4n) is 2.31. The number of benzene rings is 1. The van der Waals surface area contributed by atoms with Crippen molar-refractivity contribution in [2.24, 2.45) is 0 Å². The predicted octanol–water partition coefficient (Wildman–Crippen LogP) is 4.43. The first-order valence-corrected chi connectivity index (χ1v) is 10.1. The molecule has 0 radical (unpaired) electrons. The molecule has 1 aliphatic rings. The molecule has 1 heterocycles. The minimum atomic E-state index is -5.57. The number of hydrogen-bond donors (Lipinski definition) is 0. The van der Waals surface area contributed by atoms with E-state index in [1.54, 1.807) is 12.3 Å². The number of halogens is 3. The maximum atomic E-state index is 12.6. The van der Waals surface area contributed by atoms with Crippen LogP contribution in [0.5, 0.6) is 0 Å². The van der Waals surface area contributed by atoms with Gasteiger partial charge in [-0.2, -0.15) is 21.6 Å². The van der Waals surface area contributed by atoms with Crippen LogP contribution in [0.25, 0.3) is 5.57 Å². The number of allylic oxidation sites excluding steroid dienone is 1. The van der Waals surface area contributed by atoms with Crippen LogP contribution in [0.4, 0.5) is 13.2 Å². The second-order valence-corrected chi connectivity index (χ2v) is 9.83. The number of hydrogen-bond acceptors (Lipinski definition) is 3. The molecule has 0 spiro atoms. The molecule has 124 valence electrons. The van der Waals surface area contributed by atoms with Gasteiger partial charge in [0.1, 0.15) is 0 Å². The molecule has 1 aromatic rings. The van der Waals surface area contributed by atoms with Crippen LogP contribution in [0.15, 0.2) is 35.7 Å². The molecule has 0 saturated carbocycles. The van der Waals surface area contributed by atoms with Crippen LogP contribution < -0.4 is 0 Å². The highest BCUT2D eigenvalue weighted by atomic mass is 32.3. The van der Waals surface area contributed by atoms with Gasteiger partial charge in [-0.15, -0.1) is 0 Å². The fourth-order valence-corrected chi connectivity index (χ4v) is 7.35. The Hall–Kier alpha value is -0.990. The summed E-state index contributed by atoms with van der Waals surface area (Å²) in [5, 5.41) is 1.60. The second-order valence-electron chi connectivity index (χ2n) is 5.12. The van der Waals surface area contributed by atoms with E-state index in [0.717, 1.165) is 11.1 Å². The van der Waals surface area contributed by atoms with E-state index in [1.165, 1.54) is 0 Å². The van der Waals surface area contributed by atoms with Gasteiger partial charge in [-0.1, -0.05) is 40.6 Å². The molecule has 1 aliphatic heterocycles. The molecule has 3 nitrogen and oxygen atoms in total. The standard InChI is InChI=1S/C14H17F3O3S2/c1-12(13-7-3-2-4-8-13)11-21(9-5-6-10-21)20-22(18,19)14(15,16)17/h2-4,7-8,11H,5-6,9-10H2,1H3. The molecule has 0 atom stereocenters. The zero-order valence-electron chi connectivity index (χ0n) is 12.0. The lowest BCUT2D eigenvalue weighted by molar-refractivity contribution is -0.0495. The number of alkyl halides is 3. The van der Waals surface area contributed by atoms with Crippen molar-refractivity contribution in [3.05, 3.63) is 41.3 Å². The van der Waals surface area contributed by atoms with Gasteiger partial charge in [0.2, 0.25) is 0 Å². The third kappa shape index (κ3) is 3.85. The molecule has 1 saturated heterocycles. The van der Waals surface area contributed by atoms with Gasteiger partial charge in [-0.3, -0.25) is 0 Å². The summed E-state index contributed by atoms with van der Waals surface area (Å²) in [5.74, 6) is 0.680. The molecular weight excluding hydrogens is 337 g/mol. The molecule has 0 aliphatic carbocycles. The summed E-state index contributed by atoms with van der Waals surface area (Å²) in [6, 6.07) is 9.12. The molecule has 22 heavy (non-hydrogen) atoms. The topological polar surface area (TPSA) is 43.4 Å². The molecule has 2 rings (SSSR count). The Morgan fingerprint density at radius 1 is 1.18 bits per heavy atom. The quantitative estimate of drug-likeness (QED) is 0.752. The minimum absolute atomic E-state index is 0.340. The maximum absolute atomic E-state index is 12.6. The molecule has 0 unspecified atom stereocenters. The Balaban J connectivity index is 2.34. The summed E-state index contributed by atoms with van der Waals surface area (Å²) >= 11 is 0. The molecular formula is C14H17F3O3S2. The lowest BCUT2D eigenvalue weighted by Gasteiger charge is -2.31. The van der Waals surface area contributed by atoms with E-state index in [1.807, 2.05) is 30.3 Å². The molecule has 0 aromatic heterocycles. The van der Waals surface area contributed by atoms with Crippen LogP contribution in [-0.2, 0) is 13.7 Å². The van der Waals surface area contributed by atoms with E-state index in [9.17, 15) is 21.6 Å². The van der Waals surface area contributed by atoms with Gasteiger partial charge in [-0.05, 0) is 36.3 Å². The summed E-state index contributed by atoms with van der Waals surface area (Å²) in [4.78, 5) is 0. The smallest absolute Gasteiger partial charge is 0.209 e. The van der Waals surface area contributed by atoms with Crippen LogP contribution in [-0.4, -0.2) is 25.4 Å². The van der Waals surface area contributed by atoms with E-state index in [4.69, 9.17) is 3.63 Å². The van der Waals surface area contributed by atoms with E-state index in [2.05, 4.69) is 0 Å². The Bertz CT molecular complexity index is 646. The van der Waals surface area contributed by atoms with Gasteiger partial charge in [0.05, 0.1) is 0 Å². The van der Waals surface area contributed by atoms with Crippen molar-refractivity contribution in [1.29, 1.82) is 0 Å². The van der Waals surface area contributed by atoms with Crippen molar-refractivity contribution in [1.82, 2.24) is 0 Å². The third-order valence-electron chi connectivity index (χ3n) is 3.36. The van der Waals surface area contributed by atoms with Crippen LogP contribution in [0.3, 0.4) is 0 Å². The van der Waals surface area contributed by atoms with Crippen molar-refractivity contribution in [2.75, 3.05) is 11.5 Å². The molecule has 0 N–H and O–H groups in total. The van der Waals surface area contributed by atoms with Crippen molar-refractivity contribution >= 4 is 26.0 Å². The number of rotatable bonds is 4. The van der Waals surface area contributed by atoms with Crippen molar-refractivity contribution in [3.8, 4) is 0 Å². The average Bonchev–Trinajstić information content (AvgIpc) is 2.86. The summed E-state index contributed by atoms with van der Waals surface area (Å²) in [6.45, 7) is 1.76. The van der Waals surface area contributed by atoms with E-state index < -0.39 is 25.9 Å². The highest BCUT2D eigenvalue weighted by Crippen LogP contribution is 2.59. The van der Waals surface area contributed by atoms with Crippen LogP contribution >= 0.6 is 10.3 Å². The Labute approximate surface area is 129 Å². The monoisotopic (exact) mass is 354 g/mol. The minimum Gasteiger partial charge on any atom is -0.209 e. The first-order chi connectivity index (χ1) is 10.2. The van der Waals surface area contributed by atoms with E-state index >= 15 is 0 Å². The van der Waals surface area contributed by atoms with E-state index in [-0.39, 0.29) is 0 Å². The zero-order chi connectivity index (χ0) is 16.4. The molecule has 1 aromatic carbocycles. The van der Waals surface area contributed by atoms with Crippen molar-refractivity contribution in [3.63, 3.8) is 0 Å². The first kappa shape index (κ1) is 17.4. The summed E-state index contributed by atoms with van der Waals surface area (Å²) < 4.78 is 65.2. The Kier molecular flexibility index (Phi) is 4.93. The second kappa shape index (κ2) is 6.25. The highest BCUT2D eigenvalue weighted by Gasteiger charge is 2.51. The van der Waals surface area contributed by atoms with Gasteiger partial charge < -0.3 is 0 Å². The van der Waals surface area contributed by atoms with Crippen LogP contribution in [0.2, 0.25) is 0 Å². The largest absolute Gasteiger partial charge is 0.523 e. The van der Waals surface area contributed by atoms with Crippen LogP contribution in [0, 0.1) is 0 Å². The fraction of sp³-hybridized carbons (Fsp3) is 0.429. The van der Waals surface area contributed by atoms with Crippen LogP contribution in [0.1, 0.15) is 25.3 Å². The molecule has 1 fully saturated rings. The van der Waals surface area contributed by atoms with Gasteiger partial charge in [0, 0.05) is 11.5 Å².